The number of pyridine rings is 1. The van der Waals surface area contributed by atoms with Crippen molar-refractivity contribution in [2.24, 2.45) is 11.8 Å². The standard InChI is InChI=1S/C22H23N5O/c28-22(26-11-16-17(12-26)19-7-6-18(16)25-19)15-8-20-21(23-9-15)27(13-24-20)10-14-4-2-1-3-5-14/h1-5,8-9,13,16-19,25H,6-7,10-12H2/t16-,17+,18-,19+. The van der Waals surface area contributed by atoms with Gasteiger partial charge in [0.2, 0.25) is 0 Å². The van der Waals surface area contributed by atoms with Crippen molar-refractivity contribution < 1.29 is 4.79 Å². The van der Waals surface area contributed by atoms with Crippen molar-refractivity contribution in [3.05, 3.63) is 60.0 Å². The first-order chi connectivity index (χ1) is 13.8. The van der Waals surface area contributed by atoms with Crippen LogP contribution in [0.3, 0.4) is 0 Å². The molecule has 2 aromatic heterocycles. The van der Waals surface area contributed by atoms with E-state index in [4.69, 9.17) is 0 Å². The number of hydrogen-bond acceptors (Lipinski definition) is 4. The molecule has 5 heterocycles. The Kier molecular flexibility index (Phi) is 3.56. The van der Waals surface area contributed by atoms with E-state index < -0.39 is 0 Å². The van der Waals surface area contributed by atoms with Crippen molar-refractivity contribution in [3.8, 4) is 0 Å². The number of rotatable bonds is 3. The molecule has 6 rings (SSSR count). The van der Waals surface area contributed by atoms with Crippen LogP contribution in [-0.2, 0) is 6.54 Å². The van der Waals surface area contributed by atoms with Gasteiger partial charge >= 0.3 is 0 Å². The van der Waals surface area contributed by atoms with Crippen molar-refractivity contribution in [2.75, 3.05) is 13.1 Å². The van der Waals surface area contributed by atoms with Gasteiger partial charge in [0.15, 0.2) is 5.65 Å². The van der Waals surface area contributed by atoms with Gasteiger partial charge in [0.05, 0.1) is 18.4 Å². The summed E-state index contributed by atoms with van der Waals surface area (Å²) in [5.74, 6) is 1.36. The van der Waals surface area contributed by atoms with Gasteiger partial charge in [0, 0.05) is 31.4 Å². The Bertz CT molecular complexity index is 1030. The Morgan fingerprint density at radius 1 is 1.07 bits per heavy atom. The SMILES string of the molecule is O=C(c1cnc2c(c1)ncn2Cc1ccccc1)N1C[C@@H]2[C@H](C1)[C@@H]1CC[C@H]2N1. The molecule has 3 aliphatic rings. The average molecular weight is 373 g/mol. The van der Waals surface area contributed by atoms with Crippen molar-refractivity contribution in [2.45, 2.75) is 31.5 Å². The minimum absolute atomic E-state index is 0.0980. The number of aromatic nitrogens is 3. The molecule has 3 aliphatic heterocycles. The van der Waals surface area contributed by atoms with E-state index in [2.05, 4.69) is 27.4 Å². The highest BCUT2D eigenvalue weighted by Gasteiger charge is 2.52. The fraction of sp³-hybridized carbons (Fsp3) is 0.409. The van der Waals surface area contributed by atoms with Crippen LogP contribution in [0.1, 0.15) is 28.8 Å². The first kappa shape index (κ1) is 16.2. The summed E-state index contributed by atoms with van der Waals surface area (Å²) < 4.78 is 2.03. The molecule has 6 heteroatoms. The summed E-state index contributed by atoms with van der Waals surface area (Å²) in [5, 5.41) is 3.71. The van der Waals surface area contributed by atoms with Gasteiger partial charge in [0.1, 0.15) is 5.52 Å². The third-order valence-corrected chi connectivity index (χ3v) is 6.85. The molecular formula is C22H23N5O. The largest absolute Gasteiger partial charge is 0.338 e. The van der Waals surface area contributed by atoms with Crippen LogP contribution in [0.25, 0.3) is 11.2 Å². The zero-order valence-electron chi connectivity index (χ0n) is 15.7. The van der Waals surface area contributed by atoms with Gasteiger partial charge in [-0.2, -0.15) is 0 Å². The quantitative estimate of drug-likeness (QED) is 0.765. The lowest BCUT2D eigenvalue weighted by Gasteiger charge is -2.19. The summed E-state index contributed by atoms with van der Waals surface area (Å²) in [6, 6.07) is 13.4. The second kappa shape index (κ2) is 6.14. The van der Waals surface area contributed by atoms with Crippen LogP contribution < -0.4 is 5.32 Å². The third-order valence-electron chi connectivity index (χ3n) is 6.85. The first-order valence-corrected chi connectivity index (χ1v) is 10.2. The normalized spacial score (nSPS) is 28.2. The summed E-state index contributed by atoms with van der Waals surface area (Å²) in [5.41, 5.74) is 3.46. The van der Waals surface area contributed by atoms with E-state index in [1.807, 2.05) is 40.1 Å². The molecule has 1 N–H and O–H groups in total. The summed E-state index contributed by atoms with van der Waals surface area (Å²) in [6.45, 7) is 2.47. The zero-order valence-corrected chi connectivity index (χ0v) is 15.7. The van der Waals surface area contributed by atoms with Gasteiger partial charge in [-0.05, 0) is 36.3 Å². The Morgan fingerprint density at radius 3 is 2.57 bits per heavy atom. The van der Waals surface area contributed by atoms with Crippen LogP contribution in [0.5, 0.6) is 0 Å². The lowest BCUT2D eigenvalue weighted by molar-refractivity contribution is 0.0778. The monoisotopic (exact) mass is 373 g/mol. The number of nitrogens with one attached hydrogen (secondary N) is 1. The molecule has 3 aromatic rings. The molecule has 28 heavy (non-hydrogen) atoms. The molecule has 1 amide bonds. The van der Waals surface area contributed by atoms with Crippen molar-refractivity contribution in [3.63, 3.8) is 0 Å². The van der Waals surface area contributed by atoms with Crippen LogP contribution in [0.4, 0.5) is 0 Å². The Morgan fingerprint density at radius 2 is 1.82 bits per heavy atom. The maximum Gasteiger partial charge on any atom is 0.255 e. The van der Waals surface area contributed by atoms with Gasteiger partial charge in [0.25, 0.3) is 5.91 Å². The summed E-state index contributed by atoms with van der Waals surface area (Å²) in [7, 11) is 0. The van der Waals surface area contributed by atoms with Crippen LogP contribution in [0.2, 0.25) is 0 Å². The molecule has 0 unspecified atom stereocenters. The van der Waals surface area contributed by atoms with Gasteiger partial charge in [-0.25, -0.2) is 9.97 Å². The lowest BCUT2D eigenvalue weighted by Crippen LogP contribution is -2.34. The van der Waals surface area contributed by atoms with Crippen LogP contribution in [-0.4, -0.2) is 50.5 Å². The molecule has 6 nitrogen and oxygen atoms in total. The molecular weight excluding hydrogens is 350 g/mol. The van der Waals surface area contributed by atoms with Gasteiger partial charge < -0.3 is 14.8 Å². The Labute approximate surface area is 163 Å². The number of hydrogen-bond donors (Lipinski definition) is 1. The summed E-state index contributed by atoms with van der Waals surface area (Å²) in [4.78, 5) is 24.2. The maximum absolute atomic E-state index is 13.1. The molecule has 0 spiro atoms. The predicted octanol–water partition coefficient (Wildman–Crippen LogP) is 2.30. The van der Waals surface area contributed by atoms with E-state index in [1.165, 1.54) is 18.4 Å². The molecule has 142 valence electrons. The van der Waals surface area contributed by atoms with Crippen molar-refractivity contribution >= 4 is 17.1 Å². The number of fused-ring (bicyclic) bond motifs is 6. The minimum atomic E-state index is 0.0980. The summed E-state index contributed by atoms with van der Waals surface area (Å²) >= 11 is 0. The van der Waals surface area contributed by atoms with Crippen molar-refractivity contribution in [1.29, 1.82) is 0 Å². The van der Waals surface area contributed by atoms with Crippen LogP contribution in [0, 0.1) is 11.8 Å². The smallest absolute Gasteiger partial charge is 0.255 e. The predicted molar refractivity (Wildman–Crippen MR) is 106 cm³/mol. The number of imidazole rings is 1. The van der Waals surface area contributed by atoms with E-state index in [0.717, 1.165) is 30.8 Å². The van der Waals surface area contributed by atoms with Crippen LogP contribution in [0.15, 0.2) is 48.9 Å². The number of likely N-dealkylation sites (tertiary alicyclic amines) is 1. The lowest BCUT2D eigenvalue weighted by atomic mass is 9.82. The number of nitrogens with zero attached hydrogens (tertiary/aromatic N) is 4. The molecule has 1 aromatic carbocycles. The fourth-order valence-electron chi connectivity index (χ4n) is 5.49. The minimum Gasteiger partial charge on any atom is -0.338 e. The van der Waals surface area contributed by atoms with E-state index in [-0.39, 0.29) is 5.91 Å². The number of amides is 1. The highest BCUT2D eigenvalue weighted by molar-refractivity contribution is 5.96. The maximum atomic E-state index is 13.1. The Balaban J connectivity index is 1.23. The van der Waals surface area contributed by atoms with Gasteiger partial charge in [-0.3, -0.25) is 4.79 Å². The zero-order chi connectivity index (χ0) is 18.7. The Hall–Kier alpha value is -2.73. The van der Waals surface area contributed by atoms with E-state index >= 15 is 0 Å². The second-order valence-corrected chi connectivity index (χ2v) is 8.42. The van der Waals surface area contributed by atoms with Gasteiger partial charge in [-0.15, -0.1) is 0 Å². The van der Waals surface area contributed by atoms with Gasteiger partial charge in [-0.1, -0.05) is 30.3 Å². The second-order valence-electron chi connectivity index (χ2n) is 8.42. The number of carbonyl (C=O) groups is 1. The fourth-order valence-corrected chi connectivity index (χ4v) is 5.49. The van der Waals surface area contributed by atoms with E-state index in [0.29, 0.717) is 29.5 Å². The molecule has 3 saturated heterocycles. The van der Waals surface area contributed by atoms with E-state index in [9.17, 15) is 4.79 Å². The highest BCUT2D eigenvalue weighted by Crippen LogP contribution is 2.43. The van der Waals surface area contributed by atoms with Crippen LogP contribution >= 0.6 is 0 Å². The number of carbonyl (C=O) groups excluding carboxylic acids is 1. The third kappa shape index (κ3) is 2.48. The first-order valence-electron chi connectivity index (χ1n) is 10.2. The molecule has 0 aliphatic carbocycles. The van der Waals surface area contributed by atoms with E-state index in [1.54, 1.807) is 6.20 Å². The topological polar surface area (TPSA) is 63.1 Å². The molecule has 3 fully saturated rings. The molecule has 0 radical (unpaired) electrons. The molecule has 2 bridgehead atoms. The average Bonchev–Trinajstić information content (AvgIpc) is 3.49. The summed E-state index contributed by atoms with van der Waals surface area (Å²) in [6.07, 6.45) is 6.05. The molecule has 4 atom stereocenters. The molecule has 0 saturated carbocycles. The highest BCUT2D eigenvalue weighted by atomic mass is 16.2. The van der Waals surface area contributed by atoms with Crippen molar-refractivity contribution in [1.82, 2.24) is 24.8 Å². The number of benzene rings is 1.